The van der Waals surface area contributed by atoms with Crippen molar-refractivity contribution in [1.82, 2.24) is 0 Å². The van der Waals surface area contributed by atoms with Crippen molar-refractivity contribution < 1.29 is 24.1 Å². The van der Waals surface area contributed by atoms with Crippen LogP contribution in [0.15, 0.2) is 66.8 Å². The van der Waals surface area contributed by atoms with Gasteiger partial charge in [0.25, 0.3) is 0 Å². The molecule has 0 bridgehead atoms. The molecule has 0 aliphatic heterocycles. The number of hydrogen-bond acceptors (Lipinski definition) is 4. The minimum atomic E-state index is -2.29. The second kappa shape index (κ2) is 16.0. The van der Waals surface area contributed by atoms with Gasteiger partial charge in [-0.25, -0.2) is 4.79 Å². The fourth-order valence-corrected chi connectivity index (χ4v) is 9.46. The number of benzene rings is 1. The van der Waals surface area contributed by atoms with Crippen molar-refractivity contribution >= 4 is 29.7 Å². The predicted molar refractivity (Wildman–Crippen MR) is 145 cm³/mol. The topological polar surface area (TPSA) is 65.0 Å². The van der Waals surface area contributed by atoms with Crippen LogP contribution in [0.3, 0.4) is 0 Å². The zero-order valence-corrected chi connectivity index (χ0v) is 24.6. The molecule has 0 fully saturated rings. The van der Waals surface area contributed by atoms with Crippen LogP contribution < -0.4 is 3.51 Å². The monoisotopic (exact) mass is 590 g/mol. The summed E-state index contributed by atoms with van der Waals surface area (Å²) in [6.45, 7) is 17.0. The molecule has 0 heterocycles. The van der Waals surface area contributed by atoms with E-state index in [0.717, 1.165) is 0 Å². The number of ether oxygens (including phenoxy) is 3. The number of hydrogen-bond donors (Lipinski definition) is 1. The molecule has 1 aromatic carbocycles. The summed E-state index contributed by atoms with van der Waals surface area (Å²) in [5, 5.41) is 8.68. The van der Waals surface area contributed by atoms with Crippen LogP contribution in [0, 0.1) is 9.79 Å². The Balaban J connectivity index is 2.74. The molecule has 1 atom stereocenters. The molecule has 5 nitrogen and oxygen atoms in total. The molecule has 6 heteroatoms. The van der Waals surface area contributed by atoms with Crippen molar-refractivity contribution in [3.63, 3.8) is 0 Å². The van der Waals surface area contributed by atoms with Gasteiger partial charge in [-0.1, -0.05) is 0 Å². The van der Waals surface area contributed by atoms with Gasteiger partial charge in [0.05, 0.1) is 0 Å². The molecule has 1 aromatic rings. The van der Waals surface area contributed by atoms with E-state index in [2.05, 4.69) is 72.7 Å². The van der Waals surface area contributed by atoms with E-state index in [4.69, 9.17) is 19.3 Å². The third-order valence-corrected chi connectivity index (χ3v) is 12.6. The Hall–Kier alpha value is -1.83. The molecule has 0 radical (unpaired) electrons. The van der Waals surface area contributed by atoms with E-state index in [0.29, 0.717) is 19.6 Å². The number of aliphatic carboxylic acids is 1. The zero-order chi connectivity index (χ0) is 26.3. The molecule has 0 aliphatic rings. The van der Waals surface area contributed by atoms with Crippen molar-refractivity contribution in [2.24, 2.45) is 0 Å². The SMILES string of the molecule is C=C/C=C(\C=C/C)[C](C)(C)[Sb]([C]#CCOC(C)CCOC(C)(C)COCC(=O)O)[c]1ccccc1. The van der Waals surface area contributed by atoms with E-state index in [1.165, 1.54) is 9.08 Å². The quantitative estimate of drug-likeness (QED) is 0.175. The summed E-state index contributed by atoms with van der Waals surface area (Å²) in [5.74, 6) is 2.34. The number of carbonyl (C=O) groups is 1. The van der Waals surface area contributed by atoms with Gasteiger partial charge < -0.3 is 5.11 Å². The van der Waals surface area contributed by atoms with Gasteiger partial charge in [0.1, 0.15) is 0 Å². The van der Waals surface area contributed by atoms with E-state index >= 15 is 0 Å². The van der Waals surface area contributed by atoms with Gasteiger partial charge in [-0.05, 0) is 0 Å². The average molecular weight is 591 g/mol. The van der Waals surface area contributed by atoms with E-state index in [1.807, 2.05) is 39.8 Å². The van der Waals surface area contributed by atoms with Crippen molar-refractivity contribution in [2.75, 3.05) is 26.4 Å². The first kappa shape index (κ1) is 31.2. The summed E-state index contributed by atoms with van der Waals surface area (Å²) in [5.41, 5.74) is 0.693. The first-order valence-electron chi connectivity index (χ1n) is 11.9. The van der Waals surface area contributed by atoms with Crippen LogP contribution in [0.5, 0.6) is 0 Å². The van der Waals surface area contributed by atoms with Gasteiger partial charge in [0.15, 0.2) is 0 Å². The molecule has 0 aliphatic carbocycles. The van der Waals surface area contributed by atoms with Crippen LogP contribution in [-0.2, 0) is 19.0 Å². The van der Waals surface area contributed by atoms with Crippen molar-refractivity contribution in [3.8, 4) is 9.79 Å². The summed E-state index contributed by atoms with van der Waals surface area (Å²) >= 11 is -2.29. The maximum atomic E-state index is 10.6. The van der Waals surface area contributed by atoms with E-state index < -0.39 is 31.8 Å². The second-order valence-corrected chi connectivity index (χ2v) is 16.5. The Kier molecular flexibility index (Phi) is 14.3. The first-order chi connectivity index (χ1) is 16.5. The molecule has 1 unspecified atom stereocenters. The van der Waals surface area contributed by atoms with Gasteiger partial charge in [0, 0.05) is 0 Å². The summed E-state index contributed by atoms with van der Waals surface area (Å²) in [6.07, 6.45) is 8.88. The molecule has 0 aromatic heterocycles. The fraction of sp³-hybridized carbons (Fsp3) is 0.483. The number of rotatable bonds is 15. The Morgan fingerprint density at radius 3 is 2.51 bits per heavy atom. The first-order valence-corrected chi connectivity index (χ1v) is 15.7. The molecule has 0 saturated heterocycles. The van der Waals surface area contributed by atoms with Crippen LogP contribution in [0.25, 0.3) is 0 Å². The minimum absolute atomic E-state index is 0.00512. The van der Waals surface area contributed by atoms with Crippen LogP contribution in [0.1, 0.15) is 48.0 Å². The Bertz CT molecular complexity index is 906. The Morgan fingerprint density at radius 1 is 1.23 bits per heavy atom. The molecule has 1 N–H and O–H groups in total. The van der Waals surface area contributed by atoms with E-state index in [-0.39, 0.29) is 22.7 Å². The van der Waals surface area contributed by atoms with E-state index in [1.54, 1.807) is 0 Å². The molecule has 192 valence electrons. The van der Waals surface area contributed by atoms with Gasteiger partial charge in [-0.3, -0.25) is 0 Å². The van der Waals surface area contributed by atoms with Gasteiger partial charge in [0.2, 0.25) is 0 Å². The summed E-state index contributed by atoms with van der Waals surface area (Å²) in [7, 11) is 0. The third-order valence-electron chi connectivity index (χ3n) is 5.25. The molecule has 1 rings (SSSR count). The molecular formula is C29H41O5Sb. The van der Waals surface area contributed by atoms with Crippen LogP contribution in [0.4, 0.5) is 0 Å². The molecular weight excluding hydrogens is 550 g/mol. The summed E-state index contributed by atoms with van der Waals surface area (Å²) in [4.78, 5) is 10.6. The summed E-state index contributed by atoms with van der Waals surface area (Å²) < 4.78 is 21.9. The van der Waals surface area contributed by atoms with E-state index in [9.17, 15) is 4.79 Å². The predicted octanol–water partition coefficient (Wildman–Crippen LogP) is 5.09. The van der Waals surface area contributed by atoms with Crippen molar-refractivity contribution in [2.45, 2.75) is 63.0 Å². The molecule has 0 amide bonds. The van der Waals surface area contributed by atoms with Crippen LogP contribution in [0.2, 0.25) is 3.36 Å². The Labute approximate surface area is 219 Å². The normalized spacial score (nSPS) is 13.5. The summed E-state index contributed by atoms with van der Waals surface area (Å²) in [6, 6.07) is 10.6. The Morgan fingerprint density at radius 2 is 1.91 bits per heavy atom. The fourth-order valence-electron chi connectivity index (χ4n) is 3.31. The van der Waals surface area contributed by atoms with Crippen molar-refractivity contribution in [3.05, 3.63) is 66.8 Å². The maximum absolute atomic E-state index is 10.6. The van der Waals surface area contributed by atoms with Gasteiger partial charge in [-0.2, -0.15) is 0 Å². The number of carboxylic acids is 1. The van der Waals surface area contributed by atoms with Gasteiger partial charge >= 0.3 is 210 Å². The zero-order valence-electron chi connectivity index (χ0n) is 22.0. The second-order valence-electron chi connectivity index (χ2n) is 9.28. The number of allylic oxidation sites excluding steroid dienone is 5. The molecule has 0 saturated carbocycles. The third kappa shape index (κ3) is 12.1. The molecule has 35 heavy (non-hydrogen) atoms. The van der Waals surface area contributed by atoms with Crippen LogP contribution in [-0.4, -0.2) is 69.4 Å². The standard InChI is InChI=1S/C13H21O5.C10H15.C6H5.Sb/c1-5-7-17-11(2)6-8-18-13(3,4)10-16-9-12(14)15;1-5-7-10(8-6-2)9(3)4;1-2-4-6-5-3-1;/h11H,6-10H2,2-4H3,(H,14,15);5-8H,1H2,2-4H3;1-5H;/b;8-6-,10-7+;;. The average Bonchev–Trinajstić information content (AvgIpc) is 2.78. The van der Waals surface area contributed by atoms with Crippen molar-refractivity contribution in [1.29, 1.82) is 0 Å². The van der Waals surface area contributed by atoms with Crippen LogP contribution >= 0.6 is 0 Å². The van der Waals surface area contributed by atoms with Gasteiger partial charge in [-0.15, -0.1) is 0 Å². The number of carboxylic acid groups (broad SMARTS) is 1. The molecule has 0 spiro atoms.